The molecule has 0 aromatic heterocycles. The molecule has 1 fully saturated rings. The molecule has 2 aromatic carbocycles. The van der Waals surface area contributed by atoms with Gasteiger partial charge in [-0.2, -0.15) is 0 Å². The van der Waals surface area contributed by atoms with E-state index >= 15 is 0 Å². The molecule has 1 heterocycles. The van der Waals surface area contributed by atoms with Crippen LogP contribution in [0.25, 0.3) is 5.57 Å². The quantitative estimate of drug-likeness (QED) is 0.625. The van der Waals surface area contributed by atoms with E-state index in [-0.39, 0.29) is 11.9 Å². The van der Waals surface area contributed by atoms with Crippen molar-refractivity contribution in [1.82, 2.24) is 4.90 Å². The number of hydrogen-bond acceptors (Lipinski definition) is 2. The number of hydrogen-bond donors (Lipinski definition) is 1. The van der Waals surface area contributed by atoms with E-state index in [0.717, 1.165) is 22.3 Å². The number of carboxylic acids is 1. The maximum atomic E-state index is 12.6. The molecule has 3 rings (SSSR count). The minimum absolute atomic E-state index is 0.181. The first-order valence-corrected chi connectivity index (χ1v) is 8.95. The molecular weight excluding hydrogens is 338 g/mol. The lowest BCUT2D eigenvalue weighted by atomic mass is 9.79. The van der Waals surface area contributed by atoms with E-state index in [9.17, 15) is 14.7 Å². The Morgan fingerprint density at radius 2 is 1.56 bits per heavy atom. The van der Waals surface area contributed by atoms with Crippen molar-refractivity contribution in [2.24, 2.45) is 5.92 Å². The van der Waals surface area contributed by atoms with Crippen LogP contribution in [0.5, 0.6) is 0 Å². The number of amides is 1. The molecule has 0 spiro atoms. The highest BCUT2D eigenvalue weighted by Gasteiger charge is 2.50. The van der Waals surface area contributed by atoms with Crippen LogP contribution in [-0.4, -0.2) is 34.0 Å². The third kappa shape index (κ3) is 3.56. The summed E-state index contributed by atoms with van der Waals surface area (Å²) in [6.45, 7) is 7.30. The Balaban J connectivity index is 2.10. The Kier molecular flexibility index (Phi) is 5.26. The van der Waals surface area contributed by atoms with Gasteiger partial charge in [0.2, 0.25) is 5.91 Å². The molecule has 4 heteroatoms. The lowest BCUT2D eigenvalue weighted by Crippen LogP contribution is -2.65. The number of rotatable bonds is 6. The van der Waals surface area contributed by atoms with Crippen LogP contribution in [0.3, 0.4) is 0 Å². The molecule has 3 atom stereocenters. The van der Waals surface area contributed by atoms with Gasteiger partial charge in [-0.05, 0) is 30.5 Å². The second-order valence-electron chi connectivity index (χ2n) is 6.89. The largest absolute Gasteiger partial charge is 0.480 e. The summed E-state index contributed by atoms with van der Waals surface area (Å²) in [5.74, 6) is -1.59. The molecule has 0 radical (unpaired) electrons. The molecular formula is C23H23NO3. The third-order valence-electron chi connectivity index (χ3n) is 5.00. The standard InChI is InChI=1S/C23H23NO3/c1-15(2)21-20(24(22(21)25)16(3)23(26)27)14-19(17-10-6-4-7-11-17)18-12-8-5-9-13-18/h4-14,16,20-21H,1H2,2-3H3,(H,26,27)/t16?,20-,21+/m0/s1. The highest BCUT2D eigenvalue weighted by atomic mass is 16.4. The molecule has 1 N–H and O–H groups in total. The van der Waals surface area contributed by atoms with Crippen molar-refractivity contribution in [3.63, 3.8) is 0 Å². The van der Waals surface area contributed by atoms with Gasteiger partial charge in [0.25, 0.3) is 0 Å². The predicted molar refractivity (Wildman–Crippen MR) is 106 cm³/mol. The normalized spacial score (nSPS) is 19.8. The average molecular weight is 361 g/mol. The Bertz CT molecular complexity index is 845. The van der Waals surface area contributed by atoms with Gasteiger partial charge in [0.05, 0.1) is 12.0 Å². The van der Waals surface area contributed by atoms with Gasteiger partial charge < -0.3 is 10.0 Å². The fourth-order valence-electron chi connectivity index (χ4n) is 3.54. The minimum atomic E-state index is -1.01. The van der Waals surface area contributed by atoms with Crippen molar-refractivity contribution in [2.75, 3.05) is 0 Å². The van der Waals surface area contributed by atoms with Crippen molar-refractivity contribution in [3.8, 4) is 0 Å². The van der Waals surface area contributed by atoms with E-state index in [4.69, 9.17) is 0 Å². The minimum Gasteiger partial charge on any atom is -0.480 e. The summed E-state index contributed by atoms with van der Waals surface area (Å²) in [5, 5.41) is 9.41. The van der Waals surface area contributed by atoms with Crippen LogP contribution in [0.15, 0.2) is 78.9 Å². The molecule has 0 bridgehead atoms. The summed E-state index contributed by atoms with van der Waals surface area (Å²) < 4.78 is 0. The number of carbonyl (C=O) groups is 2. The van der Waals surface area contributed by atoms with E-state index in [1.165, 1.54) is 4.90 Å². The first-order valence-electron chi connectivity index (χ1n) is 8.95. The van der Waals surface area contributed by atoms with Gasteiger partial charge in [0, 0.05) is 0 Å². The Morgan fingerprint density at radius 1 is 1.07 bits per heavy atom. The molecule has 1 aliphatic rings. The van der Waals surface area contributed by atoms with Gasteiger partial charge in [0.15, 0.2) is 0 Å². The molecule has 0 aliphatic carbocycles. The zero-order chi connectivity index (χ0) is 19.6. The van der Waals surface area contributed by atoms with Crippen LogP contribution in [-0.2, 0) is 9.59 Å². The maximum absolute atomic E-state index is 12.6. The summed E-state index contributed by atoms with van der Waals surface area (Å²) in [7, 11) is 0. The Labute approximate surface area is 159 Å². The van der Waals surface area contributed by atoms with Crippen LogP contribution in [0, 0.1) is 5.92 Å². The van der Waals surface area contributed by atoms with Crippen molar-refractivity contribution >= 4 is 17.4 Å². The van der Waals surface area contributed by atoms with Crippen molar-refractivity contribution < 1.29 is 14.7 Å². The molecule has 1 aliphatic heterocycles. The van der Waals surface area contributed by atoms with Crippen molar-refractivity contribution in [3.05, 3.63) is 90.0 Å². The Hall–Kier alpha value is -3.14. The first-order chi connectivity index (χ1) is 12.9. The smallest absolute Gasteiger partial charge is 0.326 e. The SMILES string of the molecule is C=C(C)[C@H]1C(=O)N(C(C)C(=O)O)[C@H]1C=C(c1ccccc1)c1ccccc1. The third-order valence-corrected chi connectivity index (χ3v) is 5.00. The lowest BCUT2D eigenvalue weighted by molar-refractivity contribution is -0.163. The molecule has 1 amide bonds. The first kappa shape index (κ1) is 18.6. The molecule has 1 unspecified atom stereocenters. The fraction of sp³-hybridized carbons (Fsp3) is 0.217. The number of aliphatic carboxylic acids is 1. The van der Waals surface area contributed by atoms with Gasteiger partial charge in [-0.15, -0.1) is 0 Å². The average Bonchev–Trinajstić information content (AvgIpc) is 2.65. The van der Waals surface area contributed by atoms with Gasteiger partial charge in [0.1, 0.15) is 6.04 Å². The van der Waals surface area contributed by atoms with E-state index < -0.39 is 17.9 Å². The van der Waals surface area contributed by atoms with Crippen LogP contribution in [0.2, 0.25) is 0 Å². The zero-order valence-electron chi connectivity index (χ0n) is 15.5. The summed E-state index contributed by atoms with van der Waals surface area (Å²) in [6, 6.07) is 18.6. The number of nitrogens with zero attached hydrogens (tertiary/aromatic N) is 1. The maximum Gasteiger partial charge on any atom is 0.326 e. The molecule has 4 nitrogen and oxygen atoms in total. The summed E-state index contributed by atoms with van der Waals surface area (Å²) >= 11 is 0. The van der Waals surface area contributed by atoms with Gasteiger partial charge in [-0.3, -0.25) is 4.79 Å². The zero-order valence-corrected chi connectivity index (χ0v) is 15.5. The van der Waals surface area contributed by atoms with E-state index in [1.54, 1.807) is 6.92 Å². The Morgan fingerprint density at radius 3 is 1.96 bits per heavy atom. The topological polar surface area (TPSA) is 57.6 Å². The van der Waals surface area contributed by atoms with E-state index in [1.807, 2.05) is 73.7 Å². The number of carbonyl (C=O) groups excluding carboxylic acids is 1. The predicted octanol–water partition coefficient (Wildman–Crippen LogP) is 3.99. The van der Waals surface area contributed by atoms with E-state index in [2.05, 4.69) is 6.58 Å². The molecule has 1 saturated heterocycles. The van der Waals surface area contributed by atoms with Crippen LogP contribution < -0.4 is 0 Å². The molecule has 2 aromatic rings. The molecule has 27 heavy (non-hydrogen) atoms. The summed E-state index contributed by atoms with van der Waals surface area (Å²) in [6.07, 6.45) is 2.00. The number of benzene rings is 2. The lowest BCUT2D eigenvalue weighted by Gasteiger charge is -2.48. The number of carboxylic acid groups (broad SMARTS) is 1. The van der Waals surface area contributed by atoms with E-state index in [0.29, 0.717) is 0 Å². The number of β-lactam (4-membered cyclic amide) rings is 1. The highest BCUT2D eigenvalue weighted by molar-refractivity contribution is 5.94. The van der Waals surface area contributed by atoms with Crippen LogP contribution in [0.4, 0.5) is 0 Å². The second-order valence-corrected chi connectivity index (χ2v) is 6.89. The van der Waals surface area contributed by atoms with Crippen LogP contribution in [0.1, 0.15) is 25.0 Å². The second kappa shape index (κ2) is 7.62. The van der Waals surface area contributed by atoms with Gasteiger partial charge in [-0.1, -0.05) is 78.9 Å². The van der Waals surface area contributed by atoms with Gasteiger partial charge in [-0.25, -0.2) is 4.79 Å². The van der Waals surface area contributed by atoms with Gasteiger partial charge >= 0.3 is 5.97 Å². The highest BCUT2D eigenvalue weighted by Crippen LogP contribution is 2.37. The van der Waals surface area contributed by atoms with Crippen molar-refractivity contribution in [2.45, 2.75) is 25.9 Å². The molecule has 138 valence electrons. The van der Waals surface area contributed by atoms with Crippen molar-refractivity contribution in [1.29, 1.82) is 0 Å². The number of likely N-dealkylation sites (tertiary alicyclic amines) is 1. The summed E-state index contributed by atoms with van der Waals surface area (Å²) in [5.41, 5.74) is 3.76. The monoisotopic (exact) mass is 361 g/mol. The fourth-order valence-corrected chi connectivity index (χ4v) is 3.54. The summed E-state index contributed by atoms with van der Waals surface area (Å²) in [4.78, 5) is 25.5. The van der Waals surface area contributed by atoms with Crippen LogP contribution >= 0.6 is 0 Å². The molecule has 0 saturated carbocycles.